The summed E-state index contributed by atoms with van der Waals surface area (Å²) in [6.07, 6.45) is 3.06. The van der Waals surface area contributed by atoms with Gasteiger partial charge in [-0.3, -0.25) is 4.90 Å². The molecular weight excluding hydrogens is 619 g/mol. The zero-order chi connectivity index (χ0) is 33.4. The van der Waals surface area contributed by atoms with Gasteiger partial charge in [0.15, 0.2) is 5.82 Å². The van der Waals surface area contributed by atoms with E-state index in [1.807, 2.05) is 6.92 Å². The molecule has 4 atom stereocenters. The van der Waals surface area contributed by atoms with E-state index < -0.39 is 23.1 Å². The molecule has 5 heterocycles. The van der Waals surface area contributed by atoms with Crippen LogP contribution in [-0.4, -0.2) is 82.7 Å². The fourth-order valence-corrected chi connectivity index (χ4v) is 8.94. The van der Waals surface area contributed by atoms with Crippen molar-refractivity contribution in [2.24, 2.45) is 11.7 Å². The Kier molecular flexibility index (Phi) is 7.72. The summed E-state index contributed by atoms with van der Waals surface area (Å²) in [5, 5.41) is 12.3. The van der Waals surface area contributed by atoms with Gasteiger partial charge in [0.25, 0.3) is 0 Å². The van der Waals surface area contributed by atoms with Gasteiger partial charge in [-0.2, -0.15) is 9.97 Å². The van der Waals surface area contributed by atoms with Crippen molar-refractivity contribution in [1.29, 1.82) is 0 Å². The number of halogens is 3. The van der Waals surface area contributed by atoms with Crippen LogP contribution in [0.25, 0.3) is 32.8 Å². The maximum atomic E-state index is 17.0. The van der Waals surface area contributed by atoms with E-state index in [2.05, 4.69) is 21.7 Å². The van der Waals surface area contributed by atoms with E-state index in [1.54, 1.807) is 24.3 Å². The van der Waals surface area contributed by atoms with Crippen LogP contribution in [0.5, 0.6) is 11.8 Å². The van der Waals surface area contributed by atoms with Gasteiger partial charge in [-0.05, 0) is 90.7 Å². The molecule has 11 heteroatoms. The fourth-order valence-electron chi connectivity index (χ4n) is 8.94. The molecule has 4 fully saturated rings. The molecule has 3 N–H and O–H groups in total. The second-order valence-electron chi connectivity index (χ2n) is 14.4. The Bertz CT molecular complexity index is 1900. The summed E-state index contributed by atoms with van der Waals surface area (Å²) in [7, 11) is 0. The molecule has 0 saturated carbocycles. The molecule has 4 aliphatic rings. The number of piperidine rings is 1. The molecule has 48 heavy (non-hydrogen) atoms. The number of phenols is 1. The first-order valence-electron chi connectivity index (χ1n) is 17.2. The molecule has 0 unspecified atom stereocenters. The number of benzene rings is 3. The average Bonchev–Trinajstić information content (AvgIpc) is 3.70. The third-order valence-electron chi connectivity index (χ3n) is 11.6. The predicted octanol–water partition coefficient (Wildman–Crippen LogP) is 6.28. The Hall–Kier alpha value is -3.67. The highest BCUT2D eigenvalue weighted by molar-refractivity contribution is 6.03. The maximum Gasteiger partial charge on any atom is 0.319 e. The molecule has 0 bridgehead atoms. The summed E-state index contributed by atoms with van der Waals surface area (Å²) >= 11 is 0. The number of rotatable bonds is 6. The number of anilines is 1. The van der Waals surface area contributed by atoms with Crippen molar-refractivity contribution in [1.82, 2.24) is 14.9 Å². The first kappa shape index (κ1) is 31.6. The van der Waals surface area contributed by atoms with Gasteiger partial charge in [-0.15, -0.1) is 0 Å². The molecule has 4 aliphatic heterocycles. The zero-order valence-electron chi connectivity index (χ0n) is 27.4. The molecule has 4 aromatic rings. The number of aryl methyl sites for hydroxylation is 1. The molecule has 1 spiro atoms. The van der Waals surface area contributed by atoms with E-state index in [4.69, 9.17) is 20.2 Å². The molecule has 1 aromatic heterocycles. The minimum atomic E-state index is -0.912. The number of alkyl halides is 1. The van der Waals surface area contributed by atoms with E-state index in [-0.39, 0.29) is 47.2 Å². The molecule has 0 aliphatic carbocycles. The Morgan fingerprint density at radius 3 is 2.62 bits per heavy atom. The Labute approximate surface area is 278 Å². The van der Waals surface area contributed by atoms with E-state index in [0.29, 0.717) is 85.0 Å². The number of nitrogens with zero attached hydrogens (tertiary/aromatic N) is 4. The Morgan fingerprint density at radius 2 is 1.88 bits per heavy atom. The van der Waals surface area contributed by atoms with Crippen molar-refractivity contribution in [3.8, 4) is 22.9 Å². The van der Waals surface area contributed by atoms with Crippen LogP contribution >= 0.6 is 0 Å². The fraction of sp³-hybridized carbons (Fsp3) is 0.514. The topological polar surface area (TPSA) is 97.0 Å². The summed E-state index contributed by atoms with van der Waals surface area (Å²) in [5.74, 6) is -0.234. The second-order valence-corrected chi connectivity index (χ2v) is 14.4. The molecule has 254 valence electrons. The van der Waals surface area contributed by atoms with Gasteiger partial charge in [0, 0.05) is 43.0 Å². The lowest BCUT2D eigenvalue weighted by atomic mass is 9.81. The monoisotopic (exact) mass is 661 g/mol. The zero-order valence-corrected chi connectivity index (χ0v) is 27.4. The van der Waals surface area contributed by atoms with Gasteiger partial charge in [0.2, 0.25) is 0 Å². The summed E-state index contributed by atoms with van der Waals surface area (Å²) in [6, 6.07) is 9.42. The number of aromatic hydroxyl groups is 1. The average molecular weight is 662 g/mol. The van der Waals surface area contributed by atoms with E-state index in [1.165, 1.54) is 12.1 Å². The number of hydrogen-bond acceptors (Lipinski definition) is 8. The van der Waals surface area contributed by atoms with Crippen molar-refractivity contribution in [3.63, 3.8) is 0 Å². The van der Waals surface area contributed by atoms with E-state index in [9.17, 15) is 9.50 Å². The lowest BCUT2D eigenvalue weighted by Gasteiger charge is -2.42. The van der Waals surface area contributed by atoms with Crippen molar-refractivity contribution in [2.75, 3.05) is 44.3 Å². The summed E-state index contributed by atoms with van der Waals surface area (Å²) in [5.41, 5.74) is 6.86. The minimum Gasteiger partial charge on any atom is -0.508 e. The predicted molar refractivity (Wildman–Crippen MR) is 179 cm³/mol. The largest absolute Gasteiger partial charge is 0.508 e. The number of ether oxygens (including phenoxy) is 2. The number of aromatic nitrogens is 2. The summed E-state index contributed by atoms with van der Waals surface area (Å²) < 4.78 is 59.1. The number of phenolic OH excluding ortho intramolecular Hbond substituents is 1. The van der Waals surface area contributed by atoms with Crippen LogP contribution in [0.4, 0.5) is 19.0 Å². The SMILES string of the molecule is CCc1c(F)ccc2cc(O)cc(-c3ccc4c(N5CCC6(CC5)OC[C@@H](C)[C@H]6N)nc(OC[C@@]56CCCN5C[C@H](F)C6)nc4c3F)c12. The molecular formula is C37H42F3N5O3. The minimum absolute atomic E-state index is 0.0286. The third kappa shape index (κ3) is 4.99. The summed E-state index contributed by atoms with van der Waals surface area (Å²) in [4.78, 5) is 13.8. The Balaban J connectivity index is 1.23. The van der Waals surface area contributed by atoms with Gasteiger partial charge in [-0.1, -0.05) is 26.0 Å². The number of hydrogen-bond donors (Lipinski definition) is 2. The number of fused-ring (bicyclic) bond motifs is 3. The first-order chi connectivity index (χ1) is 23.1. The normalized spacial score (nSPS) is 27.0. The van der Waals surface area contributed by atoms with Crippen LogP contribution in [0.1, 0.15) is 51.5 Å². The van der Waals surface area contributed by atoms with Crippen molar-refractivity contribution in [3.05, 3.63) is 53.6 Å². The van der Waals surface area contributed by atoms with Gasteiger partial charge < -0.3 is 25.2 Å². The number of nitrogens with two attached hydrogens (primary N) is 1. The highest BCUT2D eigenvalue weighted by Crippen LogP contribution is 2.44. The van der Waals surface area contributed by atoms with Crippen LogP contribution in [0.2, 0.25) is 0 Å². The van der Waals surface area contributed by atoms with Crippen LogP contribution in [0, 0.1) is 17.6 Å². The van der Waals surface area contributed by atoms with Crippen LogP contribution in [0.15, 0.2) is 36.4 Å². The molecule has 0 radical (unpaired) electrons. The van der Waals surface area contributed by atoms with E-state index >= 15 is 8.78 Å². The van der Waals surface area contributed by atoms with Gasteiger partial charge in [0.05, 0.1) is 17.7 Å². The van der Waals surface area contributed by atoms with Crippen LogP contribution in [-0.2, 0) is 11.2 Å². The molecule has 4 saturated heterocycles. The molecule has 3 aromatic carbocycles. The smallest absolute Gasteiger partial charge is 0.319 e. The molecule has 0 amide bonds. The molecule has 8 nitrogen and oxygen atoms in total. The van der Waals surface area contributed by atoms with Crippen molar-refractivity contribution < 1.29 is 27.8 Å². The van der Waals surface area contributed by atoms with Gasteiger partial charge in [0.1, 0.15) is 35.7 Å². The lowest BCUT2D eigenvalue weighted by molar-refractivity contribution is -0.0232. The van der Waals surface area contributed by atoms with Gasteiger partial charge >= 0.3 is 6.01 Å². The highest BCUT2D eigenvalue weighted by Gasteiger charge is 2.50. The van der Waals surface area contributed by atoms with Crippen LogP contribution < -0.4 is 15.4 Å². The van der Waals surface area contributed by atoms with E-state index in [0.717, 1.165) is 19.4 Å². The quantitative estimate of drug-likeness (QED) is 0.249. The standard InChI is InChI=1S/C37H42F3N5O3/c1-3-25-29(39)8-5-22-15-24(46)16-28(30(22)25)26-6-7-27-32(31(26)40)42-35(47-20-36-9-4-12-45(36)18-23(38)17-36)43-34(27)44-13-10-37(11-14-44)33(41)21(2)19-48-37/h5-8,15-16,21,23,33,46H,3-4,9-14,17-20,41H2,1-2H3/t21-,23-,33-,36+/m1/s1. The second kappa shape index (κ2) is 11.7. The highest BCUT2D eigenvalue weighted by atomic mass is 19.1. The third-order valence-corrected chi connectivity index (χ3v) is 11.6. The van der Waals surface area contributed by atoms with Crippen molar-refractivity contribution in [2.45, 2.75) is 75.7 Å². The summed E-state index contributed by atoms with van der Waals surface area (Å²) in [6.45, 7) is 7.22. The lowest BCUT2D eigenvalue weighted by Crippen LogP contribution is -2.54. The first-order valence-corrected chi connectivity index (χ1v) is 17.2. The maximum absolute atomic E-state index is 17.0. The molecule has 8 rings (SSSR count). The van der Waals surface area contributed by atoms with Gasteiger partial charge in [-0.25, -0.2) is 13.2 Å². The van der Waals surface area contributed by atoms with Crippen molar-refractivity contribution >= 4 is 27.5 Å². The van der Waals surface area contributed by atoms with Crippen LogP contribution in [0.3, 0.4) is 0 Å². The Morgan fingerprint density at radius 1 is 1.06 bits per heavy atom.